The maximum atomic E-state index is 13.9. The van der Waals surface area contributed by atoms with Crippen LogP contribution in [0.1, 0.15) is 13.3 Å². The van der Waals surface area contributed by atoms with Gasteiger partial charge in [0.2, 0.25) is 0 Å². The van der Waals surface area contributed by atoms with Gasteiger partial charge in [-0.25, -0.2) is 8.78 Å². The summed E-state index contributed by atoms with van der Waals surface area (Å²) >= 11 is 0. The molecule has 0 bridgehead atoms. The number of aliphatic imine (C=N–C) groups is 1. The third kappa shape index (κ3) is 5.68. The molecular weight excluding hydrogens is 457 g/mol. The van der Waals surface area contributed by atoms with Gasteiger partial charge in [-0.2, -0.15) is 0 Å². The normalized spacial score (nSPS) is 18.1. The van der Waals surface area contributed by atoms with Crippen LogP contribution in [-0.4, -0.2) is 51.8 Å². The molecule has 9 heteroatoms. The van der Waals surface area contributed by atoms with E-state index in [4.69, 9.17) is 0 Å². The van der Waals surface area contributed by atoms with Crippen LogP contribution in [0.25, 0.3) is 0 Å². The van der Waals surface area contributed by atoms with Crippen LogP contribution in [0.15, 0.2) is 23.2 Å². The van der Waals surface area contributed by atoms with E-state index in [1.54, 1.807) is 18.9 Å². The Balaban J connectivity index is 0.00000338. The van der Waals surface area contributed by atoms with Crippen LogP contribution < -0.4 is 15.5 Å². The molecule has 0 saturated carbocycles. The zero-order chi connectivity index (χ0) is 18.4. The van der Waals surface area contributed by atoms with E-state index < -0.39 is 11.6 Å². The minimum atomic E-state index is -0.560. The summed E-state index contributed by atoms with van der Waals surface area (Å²) in [4.78, 5) is 17.2. The molecule has 2 rings (SSSR count). The quantitative estimate of drug-likeness (QED) is 0.292. The zero-order valence-electron chi connectivity index (χ0n) is 15.1. The first-order valence-corrected chi connectivity index (χ1v) is 8.20. The largest absolute Gasteiger partial charge is 0.469 e. The predicted octanol–water partition coefficient (Wildman–Crippen LogP) is 2.14. The number of carbonyl (C=O) groups is 1. The average molecular weight is 482 g/mol. The Bertz CT molecular complexity index is 625. The van der Waals surface area contributed by atoms with Gasteiger partial charge >= 0.3 is 5.97 Å². The molecule has 0 amide bonds. The van der Waals surface area contributed by atoms with Gasteiger partial charge in [-0.1, -0.05) is 13.0 Å². The summed E-state index contributed by atoms with van der Waals surface area (Å²) in [5, 5.41) is 6.28. The number of nitrogens with one attached hydrogen (secondary N) is 2. The molecule has 1 saturated heterocycles. The van der Waals surface area contributed by atoms with Crippen molar-refractivity contribution in [2.45, 2.75) is 19.4 Å². The highest BCUT2D eigenvalue weighted by Gasteiger charge is 2.27. The SMILES string of the molecule is CN=C(NCC(C)C(=O)OC)NC1CCN(c2c(F)cccc2F)C1.I. The Morgan fingerprint density at radius 3 is 2.65 bits per heavy atom. The van der Waals surface area contributed by atoms with Crippen molar-refractivity contribution < 1.29 is 18.3 Å². The lowest BCUT2D eigenvalue weighted by atomic mass is 10.2. The van der Waals surface area contributed by atoms with Gasteiger partial charge in [0.25, 0.3) is 0 Å². The Morgan fingerprint density at radius 1 is 1.42 bits per heavy atom. The molecule has 0 aromatic heterocycles. The first kappa shape index (κ1) is 22.4. The van der Waals surface area contributed by atoms with Crippen molar-refractivity contribution >= 4 is 41.6 Å². The number of hydrogen-bond donors (Lipinski definition) is 2. The summed E-state index contributed by atoms with van der Waals surface area (Å²) in [5.74, 6) is -1.19. The lowest BCUT2D eigenvalue weighted by molar-refractivity contribution is -0.144. The lowest BCUT2D eigenvalue weighted by Gasteiger charge is -2.21. The molecule has 1 heterocycles. The van der Waals surface area contributed by atoms with Gasteiger partial charge in [-0.15, -0.1) is 24.0 Å². The highest BCUT2D eigenvalue weighted by Crippen LogP contribution is 2.26. The molecule has 2 atom stereocenters. The molecule has 1 fully saturated rings. The van der Waals surface area contributed by atoms with Crippen LogP contribution in [0.5, 0.6) is 0 Å². The van der Waals surface area contributed by atoms with E-state index in [0.717, 1.165) is 6.42 Å². The fourth-order valence-corrected chi connectivity index (χ4v) is 2.79. The molecule has 1 aliphatic heterocycles. The van der Waals surface area contributed by atoms with Crippen LogP contribution in [0.3, 0.4) is 0 Å². The fraction of sp³-hybridized carbons (Fsp3) is 0.529. The number of benzene rings is 1. The average Bonchev–Trinajstić information content (AvgIpc) is 3.05. The highest BCUT2D eigenvalue weighted by molar-refractivity contribution is 14.0. The monoisotopic (exact) mass is 482 g/mol. The van der Waals surface area contributed by atoms with Crippen molar-refractivity contribution in [1.29, 1.82) is 0 Å². The van der Waals surface area contributed by atoms with Crippen LogP contribution in [0.2, 0.25) is 0 Å². The number of rotatable bonds is 5. The van der Waals surface area contributed by atoms with E-state index in [0.29, 0.717) is 25.6 Å². The van der Waals surface area contributed by atoms with E-state index in [9.17, 15) is 13.6 Å². The highest BCUT2D eigenvalue weighted by atomic mass is 127. The van der Waals surface area contributed by atoms with Crippen molar-refractivity contribution in [2.24, 2.45) is 10.9 Å². The first-order valence-electron chi connectivity index (χ1n) is 8.20. The second kappa shape index (κ2) is 10.5. The maximum Gasteiger partial charge on any atom is 0.310 e. The summed E-state index contributed by atoms with van der Waals surface area (Å²) in [5.41, 5.74) is 0.00839. The summed E-state index contributed by atoms with van der Waals surface area (Å²) in [7, 11) is 2.97. The molecule has 2 unspecified atom stereocenters. The second-order valence-corrected chi connectivity index (χ2v) is 6.02. The number of nitrogens with zero attached hydrogens (tertiary/aromatic N) is 2. The van der Waals surface area contributed by atoms with Gasteiger partial charge in [0, 0.05) is 32.7 Å². The number of ether oxygens (including phenoxy) is 1. The number of esters is 1. The topological polar surface area (TPSA) is 66.0 Å². The molecule has 1 aliphatic rings. The van der Waals surface area contributed by atoms with Crippen LogP contribution in [0, 0.1) is 17.6 Å². The molecule has 26 heavy (non-hydrogen) atoms. The number of halogens is 3. The summed E-state index contributed by atoms with van der Waals surface area (Å²) in [6, 6.07) is 3.87. The molecule has 0 aliphatic carbocycles. The van der Waals surface area contributed by atoms with Crippen molar-refractivity contribution in [3.8, 4) is 0 Å². The number of hydrogen-bond acceptors (Lipinski definition) is 4. The van der Waals surface area contributed by atoms with Crippen molar-refractivity contribution in [3.63, 3.8) is 0 Å². The zero-order valence-corrected chi connectivity index (χ0v) is 17.4. The Hall–Kier alpha value is -1.65. The molecule has 0 spiro atoms. The summed E-state index contributed by atoms with van der Waals surface area (Å²) in [6.07, 6.45) is 0.723. The van der Waals surface area contributed by atoms with Crippen LogP contribution in [-0.2, 0) is 9.53 Å². The van der Waals surface area contributed by atoms with Gasteiger partial charge in [0.05, 0.1) is 13.0 Å². The van der Waals surface area contributed by atoms with Crippen molar-refractivity contribution in [2.75, 3.05) is 38.7 Å². The molecule has 2 N–H and O–H groups in total. The van der Waals surface area contributed by atoms with E-state index in [-0.39, 0.29) is 47.6 Å². The van der Waals surface area contributed by atoms with Gasteiger partial charge in [0.15, 0.2) is 5.96 Å². The Kier molecular flexibility index (Phi) is 9.03. The molecule has 0 radical (unpaired) electrons. The fourth-order valence-electron chi connectivity index (χ4n) is 2.79. The van der Waals surface area contributed by atoms with Gasteiger partial charge in [-0.05, 0) is 18.6 Å². The number of carbonyl (C=O) groups excluding carboxylic acids is 1. The van der Waals surface area contributed by atoms with Gasteiger partial charge in [-0.3, -0.25) is 9.79 Å². The van der Waals surface area contributed by atoms with E-state index in [1.807, 2.05) is 0 Å². The number of methoxy groups -OCH3 is 1. The smallest absolute Gasteiger partial charge is 0.310 e. The Labute approximate surface area is 169 Å². The third-order valence-corrected chi connectivity index (χ3v) is 4.19. The van der Waals surface area contributed by atoms with E-state index in [1.165, 1.54) is 25.3 Å². The van der Waals surface area contributed by atoms with Gasteiger partial charge < -0.3 is 20.3 Å². The number of anilines is 1. The first-order chi connectivity index (χ1) is 12.0. The van der Waals surface area contributed by atoms with Gasteiger partial charge in [0.1, 0.15) is 17.3 Å². The predicted molar refractivity (Wildman–Crippen MR) is 108 cm³/mol. The van der Waals surface area contributed by atoms with E-state index >= 15 is 0 Å². The third-order valence-electron chi connectivity index (χ3n) is 4.19. The lowest BCUT2D eigenvalue weighted by Crippen LogP contribution is -2.46. The summed E-state index contributed by atoms with van der Waals surface area (Å²) in [6.45, 7) is 3.14. The molecule has 6 nitrogen and oxygen atoms in total. The second-order valence-electron chi connectivity index (χ2n) is 6.02. The molecule has 1 aromatic carbocycles. The minimum Gasteiger partial charge on any atom is -0.469 e. The molecule has 1 aromatic rings. The van der Waals surface area contributed by atoms with Crippen LogP contribution >= 0.6 is 24.0 Å². The molecular formula is C17H25F2IN4O2. The Morgan fingerprint density at radius 2 is 2.08 bits per heavy atom. The number of para-hydroxylation sites is 1. The van der Waals surface area contributed by atoms with Crippen molar-refractivity contribution in [3.05, 3.63) is 29.8 Å². The number of guanidine groups is 1. The minimum absolute atomic E-state index is 0. The van der Waals surface area contributed by atoms with Crippen LogP contribution in [0.4, 0.5) is 14.5 Å². The maximum absolute atomic E-state index is 13.9. The van der Waals surface area contributed by atoms with Crippen molar-refractivity contribution in [1.82, 2.24) is 10.6 Å². The molecule has 146 valence electrons. The standard InChI is InChI=1S/C17H24F2N4O2.HI/c1-11(16(24)25-3)9-21-17(20-2)22-12-7-8-23(10-12)15-13(18)5-4-6-14(15)19;/h4-6,11-12H,7-10H2,1-3H3,(H2,20,21,22);1H. The summed E-state index contributed by atoms with van der Waals surface area (Å²) < 4.78 is 32.5. The van der Waals surface area contributed by atoms with E-state index in [2.05, 4.69) is 20.4 Å².